The number of amides is 2. The molecule has 1 aliphatic rings. The molecule has 0 radical (unpaired) electrons. The smallest absolute Gasteiger partial charge is 0.270 e. The summed E-state index contributed by atoms with van der Waals surface area (Å²) in [6, 6.07) is 14.5. The molecular weight excluding hydrogens is 496 g/mol. The molecule has 0 aliphatic carbocycles. The lowest BCUT2D eigenvalue weighted by Crippen LogP contribution is -2.54. The Balaban J connectivity index is 1.74. The van der Waals surface area contributed by atoms with Crippen LogP contribution in [-0.2, 0) is 19.6 Å². The maximum atomic E-state index is 13.3. The largest absolute Gasteiger partial charge is 0.318 e. The van der Waals surface area contributed by atoms with E-state index in [0.29, 0.717) is 22.0 Å². The van der Waals surface area contributed by atoms with Crippen molar-refractivity contribution in [1.82, 2.24) is 9.88 Å². The molecule has 8 nitrogen and oxygen atoms in total. The van der Waals surface area contributed by atoms with Gasteiger partial charge in [-0.15, -0.1) is 0 Å². The van der Waals surface area contributed by atoms with E-state index in [9.17, 15) is 18.0 Å². The number of halogens is 1. The lowest BCUT2D eigenvalue weighted by Gasteiger charge is -2.29. The van der Waals surface area contributed by atoms with E-state index in [1.165, 1.54) is 23.1 Å². The van der Waals surface area contributed by atoms with Gasteiger partial charge < -0.3 is 4.57 Å². The van der Waals surface area contributed by atoms with Crippen molar-refractivity contribution in [1.29, 1.82) is 0 Å². The van der Waals surface area contributed by atoms with E-state index < -0.39 is 21.8 Å². The van der Waals surface area contributed by atoms with E-state index in [4.69, 9.17) is 29.0 Å². The fraction of sp³-hybridized carbons (Fsp3) is 0.0870. The number of aryl methyl sites for hydroxylation is 1. The first-order chi connectivity index (χ1) is 16.0. The summed E-state index contributed by atoms with van der Waals surface area (Å²) >= 11 is 11.3. The second-order valence-corrected chi connectivity index (χ2v) is 10.0. The van der Waals surface area contributed by atoms with E-state index in [0.717, 1.165) is 11.4 Å². The van der Waals surface area contributed by atoms with Gasteiger partial charge in [-0.05, 0) is 86.2 Å². The highest BCUT2D eigenvalue weighted by Gasteiger charge is 2.34. The molecule has 4 rings (SSSR count). The van der Waals surface area contributed by atoms with E-state index >= 15 is 0 Å². The molecule has 1 aliphatic heterocycles. The number of hydrogen-bond donors (Lipinski definition) is 2. The van der Waals surface area contributed by atoms with Crippen LogP contribution in [0.25, 0.3) is 11.8 Å². The number of nitrogens with two attached hydrogens (primary N) is 1. The van der Waals surface area contributed by atoms with Gasteiger partial charge in [0, 0.05) is 22.1 Å². The maximum absolute atomic E-state index is 13.3. The van der Waals surface area contributed by atoms with Crippen LogP contribution >= 0.6 is 23.8 Å². The van der Waals surface area contributed by atoms with Crippen LogP contribution in [0, 0.1) is 13.8 Å². The Bertz CT molecular complexity index is 1490. The molecule has 1 fully saturated rings. The number of benzene rings is 2. The van der Waals surface area contributed by atoms with Gasteiger partial charge in [-0.2, -0.15) is 0 Å². The molecular formula is C23H19ClN4O4S2. The highest BCUT2D eigenvalue weighted by molar-refractivity contribution is 7.89. The van der Waals surface area contributed by atoms with Crippen LogP contribution in [0.3, 0.4) is 0 Å². The topological polar surface area (TPSA) is 114 Å². The van der Waals surface area contributed by atoms with Gasteiger partial charge >= 0.3 is 0 Å². The van der Waals surface area contributed by atoms with Crippen molar-refractivity contribution in [3.63, 3.8) is 0 Å². The Morgan fingerprint density at radius 3 is 2.32 bits per heavy atom. The highest BCUT2D eigenvalue weighted by atomic mass is 35.5. The van der Waals surface area contributed by atoms with Gasteiger partial charge in [0.1, 0.15) is 5.57 Å². The zero-order valence-corrected chi connectivity index (χ0v) is 20.5. The molecule has 0 spiro atoms. The molecule has 11 heteroatoms. The minimum atomic E-state index is -3.81. The number of hydrogen-bond acceptors (Lipinski definition) is 5. The zero-order chi connectivity index (χ0) is 24.8. The first-order valence-electron chi connectivity index (χ1n) is 9.96. The van der Waals surface area contributed by atoms with E-state index in [-0.39, 0.29) is 15.6 Å². The van der Waals surface area contributed by atoms with Gasteiger partial charge in [0.25, 0.3) is 11.8 Å². The fourth-order valence-corrected chi connectivity index (χ4v) is 4.76. The number of carbonyl (C=O) groups excluding carboxylic acids is 2. The van der Waals surface area contributed by atoms with Crippen LogP contribution in [0.1, 0.15) is 17.0 Å². The number of carbonyl (C=O) groups is 2. The van der Waals surface area contributed by atoms with Crippen molar-refractivity contribution in [3.05, 3.63) is 82.1 Å². The van der Waals surface area contributed by atoms with Crippen LogP contribution in [0.2, 0.25) is 5.02 Å². The summed E-state index contributed by atoms with van der Waals surface area (Å²) in [7, 11) is -3.81. The predicted octanol–water partition coefficient (Wildman–Crippen LogP) is 3.23. The number of thiocarbonyl (C=S) groups is 1. The van der Waals surface area contributed by atoms with Gasteiger partial charge in [0.05, 0.1) is 10.6 Å². The minimum absolute atomic E-state index is 0.00241. The first kappa shape index (κ1) is 23.8. The lowest BCUT2D eigenvalue weighted by atomic mass is 10.1. The minimum Gasteiger partial charge on any atom is -0.318 e. The van der Waals surface area contributed by atoms with E-state index in [1.54, 1.807) is 36.4 Å². The summed E-state index contributed by atoms with van der Waals surface area (Å²) in [4.78, 5) is 27.1. The van der Waals surface area contributed by atoms with Crippen molar-refractivity contribution in [2.24, 2.45) is 5.14 Å². The van der Waals surface area contributed by atoms with Crippen LogP contribution < -0.4 is 15.4 Å². The van der Waals surface area contributed by atoms with Gasteiger partial charge in [0.15, 0.2) is 5.11 Å². The van der Waals surface area contributed by atoms with Crippen molar-refractivity contribution >= 4 is 62.5 Å². The number of sulfonamides is 1. The molecule has 0 unspecified atom stereocenters. The number of anilines is 1. The maximum Gasteiger partial charge on any atom is 0.270 e. The summed E-state index contributed by atoms with van der Waals surface area (Å²) in [6.07, 6.45) is 1.51. The summed E-state index contributed by atoms with van der Waals surface area (Å²) < 4.78 is 25.0. The molecule has 2 amide bonds. The first-order valence-corrected chi connectivity index (χ1v) is 12.3. The molecule has 0 atom stereocenters. The standard InChI is InChI=1S/C23H19ClN4O4S2/c1-13-10-15(14(2)27(13)17-6-8-19(9-7-17)34(25,31)32)11-20-21(29)26-23(33)28(22(20)30)18-5-3-4-16(24)12-18/h3-12H,1-2H3,(H2,25,31,32)(H,26,29,33)/b20-11+. The quantitative estimate of drug-likeness (QED) is 0.315. The average Bonchev–Trinajstić information content (AvgIpc) is 3.03. The van der Waals surface area contributed by atoms with Crippen molar-refractivity contribution in [2.75, 3.05) is 4.90 Å². The molecule has 34 heavy (non-hydrogen) atoms. The van der Waals surface area contributed by atoms with Gasteiger partial charge in [-0.1, -0.05) is 17.7 Å². The molecule has 1 aromatic heterocycles. The summed E-state index contributed by atoms with van der Waals surface area (Å²) in [6.45, 7) is 3.69. The molecule has 174 valence electrons. The van der Waals surface area contributed by atoms with Crippen molar-refractivity contribution in [2.45, 2.75) is 18.7 Å². The molecule has 3 N–H and O–H groups in total. The summed E-state index contributed by atoms with van der Waals surface area (Å²) in [5, 5.41) is 8.12. The highest BCUT2D eigenvalue weighted by Crippen LogP contribution is 2.27. The second-order valence-electron chi connectivity index (χ2n) is 7.64. The normalized spacial score (nSPS) is 15.7. The van der Waals surface area contributed by atoms with Gasteiger partial charge in [-0.3, -0.25) is 19.8 Å². The van der Waals surface area contributed by atoms with Crippen LogP contribution in [-0.4, -0.2) is 29.9 Å². The molecule has 1 saturated heterocycles. The van der Waals surface area contributed by atoms with Crippen molar-refractivity contribution in [3.8, 4) is 5.69 Å². The van der Waals surface area contributed by atoms with E-state index in [2.05, 4.69) is 5.32 Å². The fourth-order valence-electron chi connectivity index (χ4n) is 3.78. The van der Waals surface area contributed by atoms with Crippen LogP contribution in [0.15, 0.2) is 65.1 Å². The number of nitrogens with zero attached hydrogens (tertiary/aromatic N) is 2. The lowest BCUT2D eigenvalue weighted by molar-refractivity contribution is -0.122. The second kappa shape index (κ2) is 8.80. The molecule has 2 aromatic carbocycles. The van der Waals surface area contributed by atoms with Crippen molar-refractivity contribution < 1.29 is 18.0 Å². The molecule has 2 heterocycles. The Morgan fingerprint density at radius 1 is 1.03 bits per heavy atom. The van der Waals surface area contributed by atoms with Gasteiger partial charge in [0.2, 0.25) is 10.0 Å². The summed E-state index contributed by atoms with van der Waals surface area (Å²) in [5.74, 6) is -1.17. The molecule has 0 bridgehead atoms. The molecule has 0 saturated carbocycles. The molecule has 3 aromatic rings. The van der Waals surface area contributed by atoms with E-state index in [1.807, 2.05) is 24.5 Å². The Morgan fingerprint density at radius 2 is 1.71 bits per heavy atom. The number of rotatable bonds is 4. The number of nitrogens with one attached hydrogen (secondary N) is 1. The van der Waals surface area contributed by atoms with Crippen LogP contribution in [0.5, 0.6) is 0 Å². The number of aromatic nitrogens is 1. The zero-order valence-electron chi connectivity index (χ0n) is 18.1. The van der Waals surface area contributed by atoms with Crippen LogP contribution in [0.4, 0.5) is 5.69 Å². The Hall–Kier alpha value is -3.31. The third-order valence-corrected chi connectivity index (χ3v) is 6.81. The summed E-state index contributed by atoms with van der Waals surface area (Å²) in [5.41, 5.74) is 3.26. The van der Waals surface area contributed by atoms with Gasteiger partial charge in [-0.25, -0.2) is 13.6 Å². The number of primary sulfonamides is 1. The predicted molar refractivity (Wildman–Crippen MR) is 134 cm³/mol. The third-order valence-electron chi connectivity index (χ3n) is 5.36. The SMILES string of the molecule is Cc1cc(/C=C2\C(=O)NC(=S)N(c3cccc(Cl)c3)C2=O)c(C)n1-c1ccc(S(N)(=O)=O)cc1. The monoisotopic (exact) mass is 514 g/mol. The Kier molecular flexibility index (Phi) is 6.17. The third kappa shape index (κ3) is 4.40. The average molecular weight is 515 g/mol. The Labute approximate surface area is 206 Å².